The fraction of sp³-hybridized carbons (Fsp3) is 0.846. The van der Waals surface area contributed by atoms with E-state index in [0.717, 1.165) is 12.8 Å². The maximum Gasteiger partial charge on any atom is 0.239 e. The van der Waals surface area contributed by atoms with Crippen molar-refractivity contribution in [2.24, 2.45) is 5.92 Å². The van der Waals surface area contributed by atoms with E-state index in [0.29, 0.717) is 37.5 Å². The monoisotopic (exact) mass is 251 g/mol. The first-order valence-corrected chi connectivity index (χ1v) is 7.01. The summed E-state index contributed by atoms with van der Waals surface area (Å²) in [6.07, 6.45) is 5.41. The predicted molar refractivity (Wildman–Crippen MR) is 66.9 cm³/mol. The lowest BCUT2D eigenvalue weighted by molar-refractivity contribution is -0.139. The zero-order chi connectivity index (χ0) is 12.5. The van der Waals surface area contributed by atoms with Crippen molar-refractivity contribution in [2.45, 2.75) is 44.2 Å². The lowest BCUT2D eigenvalue weighted by atomic mass is 9.89. The van der Waals surface area contributed by atoms with Crippen molar-refractivity contribution in [3.63, 3.8) is 0 Å². The van der Waals surface area contributed by atoms with Crippen LogP contribution in [0, 0.1) is 5.92 Å². The lowest BCUT2D eigenvalue weighted by Crippen LogP contribution is -2.50. The van der Waals surface area contributed by atoms with E-state index in [1.807, 2.05) is 0 Å². The van der Waals surface area contributed by atoms with Gasteiger partial charge in [-0.2, -0.15) is 0 Å². The van der Waals surface area contributed by atoms with Crippen molar-refractivity contribution < 1.29 is 9.59 Å². The maximum atomic E-state index is 12.2. The number of hydrogen-bond donors (Lipinski definition) is 2. The van der Waals surface area contributed by atoms with Crippen molar-refractivity contribution in [3.05, 3.63) is 0 Å². The Bertz CT molecular complexity index is 346. The summed E-state index contributed by atoms with van der Waals surface area (Å²) >= 11 is 0. The Morgan fingerprint density at radius 2 is 2.00 bits per heavy atom. The second-order valence-electron chi connectivity index (χ2n) is 5.84. The second-order valence-corrected chi connectivity index (χ2v) is 5.84. The predicted octanol–water partition coefficient (Wildman–Crippen LogP) is -0.134. The first-order valence-electron chi connectivity index (χ1n) is 7.01. The molecule has 3 aliphatic heterocycles. The van der Waals surface area contributed by atoms with Gasteiger partial charge in [-0.1, -0.05) is 0 Å². The summed E-state index contributed by atoms with van der Waals surface area (Å²) in [5.74, 6) is 0.650. The topological polar surface area (TPSA) is 61.4 Å². The summed E-state index contributed by atoms with van der Waals surface area (Å²) in [5, 5.41) is 6.34. The molecule has 3 heterocycles. The largest absolute Gasteiger partial charge is 0.353 e. The standard InChI is InChI=1S/C13H21N3O2/c17-12-8-16(4-3-14-12)13(18)7-9-5-10-1-2-11(6-9)15-10/h9-11,15H,1-8H2,(H,14,17). The zero-order valence-corrected chi connectivity index (χ0v) is 10.7. The number of amides is 2. The smallest absolute Gasteiger partial charge is 0.239 e. The molecule has 2 atom stereocenters. The van der Waals surface area contributed by atoms with E-state index in [1.165, 1.54) is 12.8 Å². The summed E-state index contributed by atoms with van der Waals surface area (Å²) in [7, 11) is 0. The van der Waals surface area contributed by atoms with Gasteiger partial charge in [-0.15, -0.1) is 0 Å². The third-order valence-corrected chi connectivity index (χ3v) is 4.43. The van der Waals surface area contributed by atoms with Gasteiger partial charge in [-0.05, 0) is 31.6 Å². The van der Waals surface area contributed by atoms with Crippen molar-refractivity contribution >= 4 is 11.8 Å². The van der Waals surface area contributed by atoms with Crippen LogP contribution in [0.15, 0.2) is 0 Å². The van der Waals surface area contributed by atoms with Gasteiger partial charge >= 0.3 is 0 Å². The Balaban J connectivity index is 1.53. The highest BCUT2D eigenvalue weighted by molar-refractivity contribution is 5.86. The first-order chi connectivity index (χ1) is 8.70. The van der Waals surface area contributed by atoms with Crippen molar-refractivity contribution in [3.8, 4) is 0 Å². The minimum absolute atomic E-state index is 0.0278. The molecule has 3 saturated heterocycles. The molecule has 0 aromatic heterocycles. The van der Waals surface area contributed by atoms with Gasteiger partial charge in [0.05, 0.1) is 6.54 Å². The van der Waals surface area contributed by atoms with Gasteiger partial charge in [0, 0.05) is 31.6 Å². The lowest BCUT2D eigenvalue weighted by Gasteiger charge is -2.32. The summed E-state index contributed by atoms with van der Waals surface area (Å²) in [5.41, 5.74) is 0. The van der Waals surface area contributed by atoms with Crippen LogP contribution in [0.4, 0.5) is 0 Å². The highest BCUT2D eigenvalue weighted by atomic mass is 16.2. The third-order valence-electron chi connectivity index (χ3n) is 4.43. The molecule has 0 aromatic carbocycles. The van der Waals surface area contributed by atoms with Gasteiger partial charge < -0.3 is 15.5 Å². The normalized spacial score (nSPS) is 35.4. The van der Waals surface area contributed by atoms with Gasteiger partial charge in [0.25, 0.3) is 0 Å². The number of hydrogen-bond acceptors (Lipinski definition) is 3. The summed E-state index contributed by atoms with van der Waals surface area (Å²) in [6.45, 7) is 1.51. The molecule has 5 nitrogen and oxygen atoms in total. The third kappa shape index (κ3) is 2.51. The highest BCUT2D eigenvalue weighted by Gasteiger charge is 2.35. The molecule has 2 amide bonds. The SMILES string of the molecule is O=C1CN(C(=O)CC2CC3CCC(C2)N3)CCN1. The molecule has 5 heteroatoms. The number of carbonyl (C=O) groups excluding carboxylic acids is 2. The molecule has 0 aliphatic carbocycles. The van der Waals surface area contributed by atoms with E-state index in [1.54, 1.807) is 4.90 Å². The van der Waals surface area contributed by atoms with Crippen LogP contribution in [0.2, 0.25) is 0 Å². The number of rotatable bonds is 2. The second kappa shape index (κ2) is 4.88. The number of fused-ring (bicyclic) bond motifs is 2. The van der Waals surface area contributed by atoms with E-state index in [2.05, 4.69) is 10.6 Å². The molecule has 0 saturated carbocycles. The molecule has 3 aliphatic rings. The molecule has 2 bridgehead atoms. The molecular formula is C13H21N3O2. The minimum Gasteiger partial charge on any atom is -0.353 e. The van der Waals surface area contributed by atoms with Gasteiger partial charge in [0.1, 0.15) is 0 Å². The Morgan fingerprint density at radius 3 is 2.67 bits per heavy atom. The first kappa shape index (κ1) is 12.0. The number of carbonyl (C=O) groups is 2. The van der Waals surface area contributed by atoms with Gasteiger partial charge in [-0.3, -0.25) is 9.59 Å². The molecule has 0 radical (unpaired) electrons. The van der Waals surface area contributed by atoms with Crippen molar-refractivity contribution in [2.75, 3.05) is 19.6 Å². The van der Waals surface area contributed by atoms with Crippen LogP contribution < -0.4 is 10.6 Å². The van der Waals surface area contributed by atoms with E-state index in [-0.39, 0.29) is 18.4 Å². The molecule has 18 heavy (non-hydrogen) atoms. The molecule has 3 rings (SSSR count). The average molecular weight is 251 g/mol. The minimum atomic E-state index is -0.0278. The molecule has 0 aromatic rings. The Morgan fingerprint density at radius 1 is 1.28 bits per heavy atom. The average Bonchev–Trinajstić information content (AvgIpc) is 2.69. The van der Waals surface area contributed by atoms with Crippen LogP contribution in [0.25, 0.3) is 0 Å². The van der Waals surface area contributed by atoms with Crippen LogP contribution in [0.5, 0.6) is 0 Å². The molecule has 0 spiro atoms. The number of nitrogens with zero attached hydrogens (tertiary/aromatic N) is 1. The number of piperazine rings is 1. The van der Waals surface area contributed by atoms with Crippen LogP contribution in [-0.2, 0) is 9.59 Å². The van der Waals surface area contributed by atoms with E-state index >= 15 is 0 Å². The fourth-order valence-corrected chi connectivity index (χ4v) is 3.57. The van der Waals surface area contributed by atoms with E-state index in [9.17, 15) is 9.59 Å². The van der Waals surface area contributed by atoms with Gasteiger partial charge in [-0.25, -0.2) is 0 Å². The zero-order valence-electron chi connectivity index (χ0n) is 10.7. The Labute approximate surface area is 107 Å². The van der Waals surface area contributed by atoms with Gasteiger partial charge in [0.2, 0.25) is 11.8 Å². The summed E-state index contributed by atoms with van der Waals surface area (Å²) in [4.78, 5) is 25.2. The molecular weight excluding hydrogens is 230 g/mol. The molecule has 2 unspecified atom stereocenters. The van der Waals surface area contributed by atoms with Crippen LogP contribution in [0.1, 0.15) is 32.1 Å². The molecule has 3 fully saturated rings. The van der Waals surface area contributed by atoms with E-state index < -0.39 is 0 Å². The highest BCUT2D eigenvalue weighted by Crippen LogP contribution is 2.32. The Hall–Kier alpha value is -1.10. The van der Waals surface area contributed by atoms with E-state index in [4.69, 9.17) is 0 Å². The molecule has 100 valence electrons. The fourth-order valence-electron chi connectivity index (χ4n) is 3.57. The number of piperidine rings is 1. The Kier molecular flexibility index (Phi) is 3.24. The maximum absolute atomic E-state index is 12.2. The van der Waals surface area contributed by atoms with Crippen LogP contribution in [-0.4, -0.2) is 48.4 Å². The van der Waals surface area contributed by atoms with Crippen LogP contribution in [0.3, 0.4) is 0 Å². The quantitative estimate of drug-likeness (QED) is 0.718. The summed E-state index contributed by atoms with van der Waals surface area (Å²) in [6, 6.07) is 1.26. The molecule has 2 N–H and O–H groups in total. The van der Waals surface area contributed by atoms with Crippen molar-refractivity contribution in [1.82, 2.24) is 15.5 Å². The van der Waals surface area contributed by atoms with Crippen LogP contribution >= 0.6 is 0 Å². The van der Waals surface area contributed by atoms with Gasteiger partial charge in [0.15, 0.2) is 0 Å². The van der Waals surface area contributed by atoms with Crippen molar-refractivity contribution in [1.29, 1.82) is 0 Å². The summed E-state index contributed by atoms with van der Waals surface area (Å²) < 4.78 is 0. The number of nitrogens with one attached hydrogen (secondary N) is 2.